The topological polar surface area (TPSA) is 66.8 Å². The number of Topliss-reactive ketones (excluding diaryl/α,β-unsaturated/α-hetero) is 2. The Morgan fingerprint density at radius 2 is 1.48 bits per heavy atom. The zero-order chi connectivity index (χ0) is 21.0. The van der Waals surface area contributed by atoms with Crippen LogP contribution in [-0.4, -0.2) is 36.9 Å². The normalized spacial score (nSPS) is 14.8. The van der Waals surface area contributed by atoms with Crippen LogP contribution in [0.1, 0.15) is 65.8 Å². The highest BCUT2D eigenvalue weighted by Crippen LogP contribution is 2.42. The molecular weight excluding hydrogens is 366 g/mol. The van der Waals surface area contributed by atoms with Gasteiger partial charge in [-0.2, -0.15) is 0 Å². The maximum absolute atomic E-state index is 13.0. The molecule has 0 saturated heterocycles. The zero-order valence-corrected chi connectivity index (χ0v) is 17.4. The van der Waals surface area contributed by atoms with E-state index in [1.807, 2.05) is 12.1 Å². The Morgan fingerprint density at radius 1 is 0.931 bits per heavy atom. The van der Waals surface area contributed by atoms with Gasteiger partial charge in [0.1, 0.15) is 5.75 Å². The Bertz CT molecular complexity index is 863. The minimum atomic E-state index is -2.24. The number of unbranched alkanes of at least 4 members (excludes halogenated alkanes) is 2. The fourth-order valence-electron chi connectivity index (χ4n) is 3.86. The molecule has 1 aliphatic carbocycles. The van der Waals surface area contributed by atoms with Gasteiger partial charge < -0.3 is 14.7 Å². The molecule has 0 amide bonds. The van der Waals surface area contributed by atoms with Crippen LogP contribution in [0.3, 0.4) is 0 Å². The first kappa shape index (κ1) is 21.1. The zero-order valence-electron chi connectivity index (χ0n) is 17.4. The minimum absolute atomic E-state index is 0.195. The van der Waals surface area contributed by atoms with E-state index in [2.05, 4.69) is 18.7 Å². The van der Waals surface area contributed by atoms with Gasteiger partial charge in [-0.1, -0.05) is 51.0 Å². The first-order valence-electron chi connectivity index (χ1n) is 10.3. The summed E-state index contributed by atoms with van der Waals surface area (Å²) in [6.45, 7) is 6.16. The number of benzene rings is 2. The summed E-state index contributed by atoms with van der Waals surface area (Å²) in [6, 6.07) is 11.9. The molecule has 0 heterocycles. The summed E-state index contributed by atoms with van der Waals surface area (Å²) in [6.07, 6.45) is 4.34. The second kappa shape index (κ2) is 8.78. The van der Waals surface area contributed by atoms with Gasteiger partial charge in [-0.15, -0.1) is 0 Å². The number of hydrogen-bond acceptors (Lipinski definition) is 5. The standard InChI is InChI=1S/C24H29NO4/c1-4-6-14-25(15-7-5-2)17-12-13-20(21(16-17)29-3)24(28)22(26)18-10-8-9-11-19(18)23(24)27/h8-13,16,28H,4-7,14-15H2,1-3H3. The van der Waals surface area contributed by atoms with Gasteiger partial charge in [0, 0.05) is 41.5 Å². The number of ketones is 2. The molecule has 0 aromatic heterocycles. The molecule has 2 aromatic carbocycles. The highest BCUT2D eigenvalue weighted by molar-refractivity contribution is 6.32. The predicted octanol–water partition coefficient (Wildman–Crippen LogP) is 4.37. The second-order valence-corrected chi connectivity index (χ2v) is 7.49. The lowest BCUT2D eigenvalue weighted by atomic mass is 9.87. The van der Waals surface area contributed by atoms with Crippen LogP contribution in [0.2, 0.25) is 0 Å². The average Bonchev–Trinajstić information content (AvgIpc) is 2.95. The third-order valence-corrected chi connectivity index (χ3v) is 5.58. The third-order valence-electron chi connectivity index (χ3n) is 5.58. The summed E-state index contributed by atoms with van der Waals surface area (Å²) >= 11 is 0. The predicted molar refractivity (Wildman–Crippen MR) is 114 cm³/mol. The third kappa shape index (κ3) is 3.67. The van der Waals surface area contributed by atoms with Crippen LogP contribution in [0.5, 0.6) is 5.75 Å². The molecule has 0 spiro atoms. The smallest absolute Gasteiger partial charge is 0.220 e. The largest absolute Gasteiger partial charge is 0.496 e. The highest BCUT2D eigenvalue weighted by atomic mass is 16.5. The van der Waals surface area contributed by atoms with Gasteiger partial charge in [-0.25, -0.2) is 0 Å². The van der Waals surface area contributed by atoms with E-state index in [0.717, 1.165) is 44.5 Å². The molecule has 154 valence electrons. The van der Waals surface area contributed by atoms with Crippen LogP contribution in [0.4, 0.5) is 5.69 Å². The number of nitrogens with zero attached hydrogens (tertiary/aromatic N) is 1. The lowest BCUT2D eigenvalue weighted by Gasteiger charge is -2.27. The summed E-state index contributed by atoms with van der Waals surface area (Å²) in [7, 11) is 1.49. The van der Waals surface area contributed by atoms with E-state index in [4.69, 9.17) is 4.74 Å². The summed E-state index contributed by atoms with van der Waals surface area (Å²) in [5.74, 6) is -0.853. The fraction of sp³-hybridized carbons (Fsp3) is 0.417. The van der Waals surface area contributed by atoms with Gasteiger partial charge in [0.25, 0.3) is 0 Å². The number of hydrogen-bond donors (Lipinski definition) is 1. The molecule has 1 N–H and O–H groups in total. The van der Waals surface area contributed by atoms with Gasteiger partial charge in [0.15, 0.2) is 0 Å². The fourth-order valence-corrected chi connectivity index (χ4v) is 3.86. The minimum Gasteiger partial charge on any atom is -0.496 e. The summed E-state index contributed by atoms with van der Waals surface area (Å²) in [5, 5.41) is 11.3. The first-order valence-corrected chi connectivity index (χ1v) is 10.3. The Balaban J connectivity index is 2.01. The number of anilines is 1. The molecule has 3 rings (SSSR count). The van der Waals surface area contributed by atoms with Crippen molar-refractivity contribution in [2.24, 2.45) is 0 Å². The monoisotopic (exact) mass is 395 g/mol. The molecule has 5 heteroatoms. The van der Waals surface area contributed by atoms with Crippen LogP contribution in [0.25, 0.3) is 0 Å². The van der Waals surface area contributed by atoms with E-state index in [-0.39, 0.29) is 16.7 Å². The number of rotatable bonds is 9. The van der Waals surface area contributed by atoms with Gasteiger partial charge in [-0.05, 0) is 25.0 Å². The van der Waals surface area contributed by atoms with Crippen molar-refractivity contribution >= 4 is 17.3 Å². The molecule has 0 unspecified atom stereocenters. The van der Waals surface area contributed by atoms with E-state index in [9.17, 15) is 14.7 Å². The van der Waals surface area contributed by atoms with Gasteiger partial charge in [0.05, 0.1) is 7.11 Å². The van der Waals surface area contributed by atoms with Gasteiger partial charge >= 0.3 is 0 Å². The molecule has 0 bridgehead atoms. The summed E-state index contributed by atoms with van der Waals surface area (Å²) in [4.78, 5) is 28.2. The molecular formula is C24H29NO4. The van der Waals surface area contributed by atoms with Crippen molar-refractivity contribution < 1.29 is 19.4 Å². The van der Waals surface area contributed by atoms with Crippen molar-refractivity contribution in [2.45, 2.75) is 45.1 Å². The number of carbonyl (C=O) groups excluding carboxylic acids is 2. The van der Waals surface area contributed by atoms with E-state index in [1.165, 1.54) is 7.11 Å². The van der Waals surface area contributed by atoms with Crippen molar-refractivity contribution in [1.29, 1.82) is 0 Å². The molecule has 2 aromatic rings. The average molecular weight is 395 g/mol. The summed E-state index contributed by atoms with van der Waals surface area (Å²) < 4.78 is 5.53. The lowest BCUT2D eigenvalue weighted by molar-refractivity contribution is 0.0313. The molecule has 5 nitrogen and oxygen atoms in total. The van der Waals surface area contributed by atoms with Crippen LogP contribution in [0, 0.1) is 0 Å². The van der Waals surface area contributed by atoms with Crippen LogP contribution < -0.4 is 9.64 Å². The van der Waals surface area contributed by atoms with Crippen LogP contribution in [0.15, 0.2) is 42.5 Å². The maximum Gasteiger partial charge on any atom is 0.220 e. The molecule has 0 aliphatic heterocycles. The summed E-state index contributed by atoms with van der Waals surface area (Å²) in [5.41, 5.74) is -0.588. The van der Waals surface area contributed by atoms with E-state index >= 15 is 0 Å². The number of aliphatic hydroxyl groups is 1. The quantitative estimate of drug-likeness (QED) is 0.639. The van der Waals surface area contributed by atoms with Crippen molar-refractivity contribution in [2.75, 3.05) is 25.1 Å². The molecule has 29 heavy (non-hydrogen) atoms. The van der Waals surface area contributed by atoms with Crippen LogP contribution in [-0.2, 0) is 5.60 Å². The molecule has 0 radical (unpaired) electrons. The first-order chi connectivity index (χ1) is 14.0. The van der Waals surface area contributed by atoms with Crippen molar-refractivity contribution in [3.63, 3.8) is 0 Å². The lowest BCUT2D eigenvalue weighted by Crippen LogP contribution is -2.38. The van der Waals surface area contributed by atoms with Gasteiger partial charge in [-0.3, -0.25) is 9.59 Å². The van der Waals surface area contributed by atoms with E-state index in [0.29, 0.717) is 5.75 Å². The number of fused-ring (bicyclic) bond motifs is 1. The second-order valence-electron chi connectivity index (χ2n) is 7.49. The maximum atomic E-state index is 13.0. The number of carbonyl (C=O) groups is 2. The number of ether oxygens (including phenoxy) is 1. The molecule has 1 aliphatic rings. The van der Waals surface area contributed by atoms with E-state index < -0.39 is 17.2 Å². The Labute approximate surface area is 172 Å². The molecule has 0 saturated carbocycles. The van der Waals surface area contributed by atoms with Crippen LogP contribution >= 0.6 is 0 Å². The highest BCUT2D eigenvalue weighted by Gasteiger charge is 2.54. The van der Waals surface area contributed by atoms with E-state index in [1.54, 1.807) is 30.3 Å². The van der Waals surface area contributed by atoms with Crippen molar-refractivity contribution in [3.05, 3.63) is 59.2 Å². The molecule has 0 atom stereocenters. The SMILES string of the molecule is CCCCN(CCCC)c1ccc(C2(O)C(=O)c3ccccc3C2=O)c(OC)c1. The van der Waals surface area contributed by atoms with Crippen molar-refractivity contribution in [3.8, 4) is 5.75 Å². The number of methoxy groups -OCH3 is 1. The van der Waals surface area contributed by atoms with Gasteiger partial charge in [0.2, 0.25) is 17.2 Å². The molecule has 0 fully saturated rings. The Morgan fingerprint density at radius 3 is 1.97 bits per heavy atom. The Hall–Kier alpha value is -2.66. The Kier molecular flexibility index (Phi) is 6.38. The van der Waals surface area contributed by atoms with Crippen molar-refractivity contribution in [1.82, 2.24) is 0 Å².